The predicted octanol–water partition coefficient (Wildman–Crippen LogP) is 2.25. The van der Waals surface area contributed by atoms with Crippen molar-refractivity contribution in [2.75, 3.05) is 57.2 Å². The first-order valence-corrected chi connectivity index (χ1v) is 12.5. The van der Waals surface area contributed by atoms with Gasteiger partial charge in [-0.05, 0) is 63.2 Å². The average Bonchev–Trinajstić information content (AvgIpc) is 2.78. The lowest BCUT2D eigenvalue weighted by molar-refractivity contribution is -0.119. The third-order valence-electron chi connectivity index (χ3n) is 5.82. The molecular weight excluding hydrogens is 424 g/mol. The van der Waals surface area contributed by atoms with Crippen molar-refractivity contribution in [1.82, 2.24) is 15.1 Å². The molecule has 1 saturated heterocycles. The molecule has 0 bridgehead atoms. The van der Waals surface area contributed by atoms with Crippen molar-refractivity contribution < 1.29 is 13.2 Å². The van der Waals surface area contributed by atoms with Crippen LogP contribution in [0.4, 0.5) is 5.69 Å². The summed E-state index contributed by atoms with van der Waals surface area (Å²) < 4.78 is 28.1. The van der Waals surface area contributed by atoms with Crippen LogP contribution in [0.25, 0.3) is 0 Å². The Bertz CT molecular complexity index is 1000. The van der Waals surface area contributed by atoms with Crippen LogP contribution >= 0.6 is 0 Å². The van der Waals surface area contributed by atoms with Crippen LogP contribution < -0.4 is 9.62 Å². The number of amides is 1. The highest BCUT2D eigenvalue weighted by Gasteiger charge is 2.28. The molecule has 8 heteroatoms. The lowest BCUT2D eigenvalue weighted by Gasteiger charge is -2.32. The molecular formula is C24H34N4O3S. The van der Waals surface area contributed by atoms with Gasteiger partial charge in [0.1, 0.15) is 6.54 Å². The topological polar surface area (TPSA) is 73.0 Å². The maximum Gasteiger partial charge on any atom is 0.264 e. The minimum Gasteiger partial charge on any atom is -0.354 e. The molecule has 0 unspecified atom stereocenters. The van der Waals surface area contributed by atoms with Crippen LogP contribution in [0.5, 0.6) is 0 Å². The van der Waals surface area contributed by atoms with Gasteiger partial charge in [0, 0.05) is 32.7 Å². The van der Waals surface area contributed by atoms with Gasteiger partial charge in [-0.1, -0.05) is 30.3 Å². The molecule has 0 atom stereocenters. The molecule has 1 fully saturated rings. The highest BCUT2D eigenvalue weighted by atomic mass is 32.2. The highest BCUT2D eigenvalue weighted by Crippen LogP contribution is 2.27. The van der Waals surface area contributed by atoms with Crippen LogP contribution in [-0.4, -0.2) is 77.0 Å². The van der Waals surface area contributed by atoms with Crippen molar-refractivity contribution in [3.8, 4) is 0 Å². The standard InChI is InChI=1S/C24H34N4O3S/c1-20-10-11-21(2)23(18-20)28(32(30,31)22-8-5-4-6-9-22)19-24(29)25-12-7-13-27-16-14-26(3)15-17-27/h4-6,8-11,18H,7,12-17,19H2,1-3H3,(H,25,29). The third-order valence-corrected chi connectivity index (χ3v) is 7.59. The molecule has 1 amide bonds. The molecule has 2 aromatic rings. The van der Waals surface area contributed by atoms with Crippen molar-refractivity contribution in [2.24, 2.45) is 0 Å². The molecule has 1 heterocycles. The second-order valence-electron chi connectivity index (χ2n) is 8.46. The first-order valence-electron chi connectivity index (χ1n) is 11.1. The van der Waals surface area contributed by atoms with Gasteiger partial charge in [0.25, 0.3) is 10.0 Å². The van der Waals surface area contributed by atoms with E-state index in [0.29, 0.717) is 12.2 Å². The van der Waals surface area contributed by atoms with Crippen molar-refractivity contribution in [3.05, 3.63) is 59.7 Å². The summed E-state index contributed by atoms with van der Waals surface area (Å²) in [6.45, 7) is 9.18. The number of hydrogen-bond acceptors (Lipinski definition) is 5. The Labute approximate surface area is 192 Å². The Balaban J connectivity index is 1.67. The number of nitrogens with zero attached hydrogens (tertiary/aromatic N) is 3. The molecule has 1 aliphatic rings. The van der Waals surface area contributed by atoms with Gasteiger partial charge in [0.2, 0.25) is 5.91 Å². The summed E-state index contributed by atoms with van der Waals surface area (Å²) in [4.78, 5) is 17.6. The molecule has 32 heavy (non-hydrogen) atoms. The monoisotopic (exact) mass is 458 g/mol. The Morgan fingerprint density at radius 2 is 1.72 bits per heavy atom. The zero-order valence-corrected chi connectivity index (χ0v) is 20.1. The number of nitrogens with one attached hydrogen (secondary N) is 1. The van der Waals surface area contributed by atoms with Gasteiger partial charge < -0.3 is 15.1 Å². The summed E-state index contributed by atoms with van der Waals surface area (Å²) in [5, 5.41) is 2.91. The lowest BCUT2D eigenvalue weighted by atomic mass is 10.1. The molecule has 1 aliphatic heterocycles. The number of sulfonamides is 1. The number of anilines is 1. The van der Waals surface area contributed by atoms with Gasteiger partial charge in [0.05, 0.1) is 10.6 Å². The Kier molecular flexibility index (Phi) is 8.28. The molecule has 0 radical (unpaired) electrons. The van der Waals surface area contributed by atoms with Crippen LogP contribution in [0.1, 0.15) is 17.5 Å². The number of carbonyl (C=O) groups excluding carboxylic acids is 1. The van der Waals surface area contributed by atoms with Gasteiger partial charge in [-0.25, -0.2) is 8.42 Å². The zero-order valence-electron chi connectivity index (χ0n) is 19.3. The van der Waals surface area contributed by atoms with E-state index in [4.69, 9.17) is 0 Å². The molecule has 0 aromatic heterocycles. The van der Waals surface area contributed by atoms with Gasteiger partial charge in [-0.3, -0.25) is 9.10 Å². The van der Waals surface area contributed by atoms with Gasteiger partial charge in [-0.2, -0.15) is 0 Å². The molecule has 0 aliphatic carbocycles. The van der Waals surface area contributed by atoms with E-state index >= 15 is 0 Å². The van der Waals surface area contributed by atoms with Crippen LogP contribution in [0.15, 0.2) is 53.4 Å². The van der Waals surface area contributed by atoms with Crippen LogP contribution in [-0.2, 0) is 14.8 Å². The van der Waals surface area contributed by atoms with E-state index < -0.39 is 10.0 Å². The Hall–Kier alpha value is -2.42. The molecule has 3 rings (SSSR count). The second-order valence-corrected chi connectivity index (χ2v) is 10.3. The number of rotatable bonds is 9. The summed E-state index contributed by atoms with van der Waals surface area (Å²) in [6.07, 6.45) is 0.838. The van der Waals surface area contributed by atoms with Crippen molar-refractivity contribution >= 4 is 21.6 Å². The van der Waals surface area contributed by atoms with Crippen molar-refractivity contribution in [2.45, 2.75) is 25.2 Å². The molecule has 0 spiro atoms. The smallest absolute Gasteiger partial charge is 0.264 e. The highest BCUT2D eigenvalue weighted by molar-refractivity contribution is 7.92. The van der Waals surface area contributed by atoms with Crippen molar-refractivity contribution in [3.63, 3.8) is 0 Å². The first-order chi connectivity index (χ1) is 15.3. The second kappa shape index (κ2) is 10.9. The van der Waals surface area contributed by atoms with Crippen LogP contribution in [0.2, 0.25) is 0 Å². The molecule has 1 N–H and O–H groups in total. The van der Waals surface area contributed by atoms with E-state index in [1.807, 2.05) is 32.0 Å². The van der Waals surface area contributed by atoms with E-state index in [0.717, 1.165) is 50.3 Å². The minimum atomic E-state index is -3.88. The quantitative estimate of drug-likeness (QED) is 0.584. The normalized spacial score (nSPS) is 15.5. The summed E-state index contributed by atoms with van der Waals surface area (Å²) in [7, 11) is -1.75. The number of benzene rings is 2. The summed E-state index contributed by atoms with van der Waals surface area (Å²) in [6, 6.07) is 13.9. The first kappa shape index (κ1) is 24.2. The van der Waals surface area contributed by atoms with Gasteiger partial charge in [-0.15, -0.1) is 0 Å². The van der Waals surface area contributed by atoms with Crippen LogP contribution in [0, 0.1) is 13.8 Å². The number of likely N-dealkylation sites (N-methyl/N-ethyl adjacent to an activating group) is 1. The summed E-state index contributed by atoms with van der Waals surface area (Å²) in [5.41, 5.74) is 2.27. The maximum atomic E-state index is 13.4. The van der Waals surface area contributed by atoms with E-state index in [1.54, 1.807) is 30.3 Å². The van der Waals surface area contributed by atoms with Gasteiger partial charge >= 0.3 is 0 Å². The van der Waals surface area contributed by atoms with E-state index in [1.165, 1.54) is 4.31 Å². The lowest BCUT2D eigenvalue weighted by Crippen LogP contribution is -2.45. The maximum absolute atomic E-state index is 13.4. The summed E-state index contributed by atoms with van der Waals surface area (Å²) in [5.74, 6) is -0.302. The SMILES string of the molecule is Cc1ccc(C)c(N(CC(=O)NCCCN2CCN(C)CC2)S(=O)(=O)c2ccccc2)c1. The van der Waals surface area contributed by atoms with Gasteiger partial charge in [0.15, 0.2) is 0 Å². The minimum absolute atomic E-state index is 0.170. The van der Waals surface area contributed by atoms with Crippen LogP contribution in [0.3, 0.4) is 0 Å². The molecule has 174 valence electrons. The van der Waals surface area contributed by atoms with Crippen molar-refractivity contribution in [1.29, 1.82) is 0 Å². The van der Waals surface area contributed by atoms with E-state index in [9.17, 15) is 13.2 Å². The fourth-order valence-corrected chi connectivity index (χ4v) is 5.29. The Morgan fingerprint density at radius 1 is 1.03 bits per heavy atom. The zero-order chi connectivity index (χ0) is 23.1. The van der Waals surface area contributed by atoms with E-state index in [-0.39, 0.29) is 17.3 Å². The third kappa shape index (κ3) is 6.31. The Morgan fingerprint density at radius 3 is 2.41 bits per heavy atom. The average molecular weight is 459 g/mol. The fourth-order valence-electron chi connectivity index (χ4n) is 3.80. The predicted molar refractivity (Wildman–Crippen MR) is 128 cm³/mol. The summed E-state index contributed by atoms with van der Waals surface area (Å²) >= 11 is 0. The fraction of sp³-hybridized carbons (Fsp3) is 0.458. The molecule has 7 nitrogen and oxygen atoms in total. The number of hydrogen-bond donors (Lipinski definition) is 1. The largest absolute Gasteiger partial charge is 0.354 e. The number of aryl methyl sites for hydroxylation is 2. The number of piperazine rings is 1. The molecule has 0 saturated carbocycles. The number of carbonyl (C=O) groups is 1. The van der Waals surface area contributed by atoms with E-state index in [2.05, 4.69) is 22.2 Å². The molecule has 2 aromatic carbocycles.